The normalized spacial score (nSPS) is 21.0. The Balaban J connectivity index is 1.68. The van der Waals surface area contributed by atoms with Gasteiger partial charge in [-0.1, -0.05) is 0 Å². The molecule has 7 heteroatoms. The van der Waals surface area contributed by atoms with Gasteiger partial charge in [0.25, 0.3) is 0 Å². The predicted molar refractivity (Wildman–Crippen MR) is 91.4 cm³/mol. The molecule has 2 aromatic rings. The quantitative estimate of drug-likeness (QED) is 0.919. The molecule has 3 heterocycles. The van der Waals surface area contributed by atoms with Crippen molar-refractivity contribution in [1.29, 1.82) is 0 Å². The zero-order chi connectivity index (χ0) is 17.3. The number of hydrogen-bond acceptors (Lipinski definition) is 5. The van der Waals surface area contributed by atoms with Crippen LogP contribution >= 0.6 is 11.3 Å². The second-order valence-corrected chi connectivity index (χ2v) is 7.16. The van der Waals surface area contributed by atoms with Crippen molar-refractivity contribution < 1.29 is 14.0 Å². The van der Waals surface area contributed by atoms with Crippen molar-refractivity contribution in [3.63, 3.8) is 0 Å². The molecule has 0 unspecified atom stereocenters. The number of carbonyl (C=O) groups excluding carboxylic acids is 2. The van der Waals surface area contributed by atoms with Gasteiger partial charge in [0.1, 0.15) is 5.76 Å². The highest BCUT2D eigenvalue weighted by atomic mass is 32.1. The number of carbonyl (C=O) groups is 2. The maximum absolute atomic E-state index is 12.6. The molecule has 1 aliphatic rings. The fourth-order valence-corrected chi connectivity index (χ4v) is 3.77. The molecule has 1 fully saturated rings. The Morgan fingerprint density at radius 1 is 1.42 bits per heavy atom. The lowest BCUT2D eigenvalue weighted by Gasteiger charge is -2.36. The van der Waals surface area contributed by atoms with Crippen LogP contribution in [-0.2, 0) is 16.0 Å². The third-order valence-electron chi connectivity index (χ3n) is 4.44. The van der Waals surface area contributed by atoms with Crippen molar-refractivity contribution in [1.82, 2.24) is 9.88 Å². The van der Waals surface area contributed by atoms with Crippen LogP contribution in [0.2, 0.25) is 0 Å². The van der Waals surface area contributed by atoms with Crippen molar-refractivity contribution in [3.05, 3.63) is 29.0 Å². The number of aryl methyl sites for hydroxylation is 1. The van der Waals surface area contributed by atoms with E-state index in [-0.39, 0.29) is 30.2 Å². The van der Waals surface area contributed by atoms with Crippen LogP contribution in [0.1, 0.15) is 31.2 Å². The van der Waals surface area contributed by atoms with Crippen LogP contribution in [0.15, 0.2) is 21.9 Å². The Kier molecular flexibility index (Phi) is 4.71. The summed E-state index contributed by atoms with van der Waals surface area (Å²) < 4.78 is 5.56. The second-order valence-electron chi connectivity index (χ2n) is 6.30. The first-order valence-corrected chi connectivity index (χ1v) is 8.92. The second kappa shape index (κ2) is 6.76. The average molecular weight is 347 g/mol. The first-order chi connectivity index (χ1) is 11.4. The number of hydrogen-bond donors (Lipinski definition) is 1. The number of amides is 2. The zero-order valence-electron chi connectivity index (χ0n) is 13.8. The summed E-state index contributed by atoms with van der Waals surface area (Å²) >= 11 is 1.46. The van der Waals surface area contributed by atoms with Crippen LogP contribution in [0.5, 0.6) is 0 Å². The van der Waals surface area contributed by atoms with Gasteiger partial charge in [0.2, 0.25) is 11.8 Å². The molecule has 0 aromatic carbocycles. The lowest BCUT2D eigenvalue weighted by atomic mass is 9.92. The molecule has 0 aliphatic carbocycles. The molecule has 0 spiro atoms. The van der Waals surface area contributed by atoms with Crippen LogP contribution < -0.4 is 5.73 Å². The Morgan fingerprint density at radius 2 is 2.21 bits per heavy atom. The predicted octanol–water partition coefficient (Wildman–Crippen LogP) is 2.37. The van der Waals surface area contributed by atoms with Gasteiger partial charge in [-0.2, -0.15) is 0 Å². The summed E-state index contributed by atoms with van der Waals surface area (Å²) in [5.74, 6) is 0.959. The average Bonchev–Trinajstić information content (AvgIpc) is 3.16. The minimum absolute atomic E-state index is 0.0130. The summed E-state index contributed by atoms with van der Waals surface area (Å²) in [6.45, 7) is 4.30. The molecular weight excluding hydrogens is 326 g/mol. The van der Waals surface area contributed by atoms with E-state index in [2.05, 4.69) is 4.98 Å². The lowest BCUT2D eigenvalue weighted by molar-refractivity contribution is -0.137. The molecule has 2 atom stereocenters. The van der Waals surface area contributed by atoms with Crippen molar-refractivity contribution in [2.24, 2.45) is 11.7 Å². The van der Waals surface area contributed by atoms with E-state index in [4.69, 9.17) is 10.2 Å². The Bertz CT molecular complexity index is 752. The maximum atomic E-state index is 12.6. The molecule has 0 saturated carbocycles. The molecule has 128 valence electrons. The van der Waals surface area contributed by atoms with Gasteiger partial charge in [-0.15, -0.1) is 11.3 Å². The largest absolute Gasteiger partial charge is 0.459 e. The van der Waals surface area contributed by atoms with Gasteiger partial charge in [0, 0.05) is 18.0 Å². The lowest BCUT2D eigenvalue weighted by Crippen LogP contribution is -2.49. The van der Waals surface area contributed by atoms with E-state index < -0.39 is 0 Å². The number of nitrogens with two attached hydrogens (primary N) is 1. The number of likely N-dealkylation sites (tertiary alicyclic amines) is 1. The van der Waals surface area contributed by atoms with Gasteiger partial charge < -0.3 is 15.1 Å². The Hall–Kier alpha value is -2.15. The smallest absolute Gasteiger partial charge is 0.228 e. The fourth-order valence-electron chi connectivity index (χ4n) is 2.99. The number of thiazole rings is 1. The molecule has 2 aromatic heterocycles. The first kappa shape index (κ1) is 16.7. The summed E-state index contributed by atoms with van der Waals surface area (Å²) in [4.78, 5) is 30.3. The number of rotatable bonds is 4. The number of piperidine rings is 1. The van der Waals surface area contributed by atoms with Crippen molar-refractivity contribution >= 4 is 23.2 Å². The van der Waals surface area contributed by atoms with Gasteiger partial charge in [-0.05, 0) is 38.8 Å². The van der Waals surface area contributed by atoms with Crippen LogP contribution in [0.4, 0.5) is 0 Å². The van der Waals surface area contributed by atoms with E-state index in [9.17, 15) is 9.59 Å². The van der Waals surface area contributed by atoms with E-state index >= 15 is 0 Å². The molecule has 2 N–H and O–H groups in total. The van der Waals surface area contributed by atoms with Crippen LogP contribution in [0.25, 0.3) is 10.8 Å². The highest BCUT2D eigenvalue weighted by molar-refractivity contribution is 7.13. The minimum Gasteiger partial charge on any atom is -0.459 e. The van der Waals surface area contributed by atoms with Crippen molar-refractivity contribution in [3.8, 4) is 10.8 Å². The first-order valence-electron chi connectivity index (χ1n) is 8.04. The monoisotopic (exact) mass is 347 g/mol. The molecular formula is C17H21N3O3S. The number of primary amides is 1. The maximum Gasteiger partial charge on any atom is 0.228 e. The number of aromatic nitrogens is 1. The van der Waals surface area contributed by atoms with Gasteiger partial charge in [0.05, 0.1) is 18.0 Å². The van der Waals surface area contributed by atoms with Gasteiger partial charge >= 0.3 is 0 Å². The van der Waals surface area contributed by atoms with Gasteiger partial charge in [-0.3, -0.25) is 9.59 Å². The summed E-state index contributed by atoms with van der Waals surface area (Å²) in [6, 6.07) is 3.89. The van der Waals surface area contributed by atoms with Crippen molar-refractivity contribution in [2.45, 2.75) is 39.2 Å². The third kappa shape index (κ3) is 3.51. The highest BCUT2D eigenvalue weighted by Gasteiger charge is 2.31. The van der Waals surface area contributed by atoms with E-state index in [1.54, 1.807) is 4.90 Å². The van der Waals surface area contributed by atoms with Crippen molar-refractivity contribution in [2.75, 3.05) is 6.54 Å². The molecule has 24 heavy (non-hydrogen) atoms. The molecule has 1 aliphatic heterocycles. The zero-order valence-corrected chi connectivity index (χ0v) is 14.6. The van der Waals surface area contributed by atoms with E-state index in [1.807, 2.05) is 31.4 Å². The van der Waals surface area contributed by atoms with Crippen LogP contribution in [0, 0.1) is 12.8 Å². The third-order valence-corrected chi connectivity index (χ3v) is 5.35. The van der Waals surface area contributed by atoms with E-state index in [1.165, 1.54) is 11.3 Å². The molecule has 0 radical (unpaired) electrons. The summed E-state index contributed by atoms with van der Waals surface area (Å²) in [7, 11) is 0. The number of nitrogens with zero attached hydrogens (tertiary/aromatic N) is 2. The fraction of sp³-hybridized carbons (Fsp3) is 0.471. The van der Waals surface area contributed by atoms with Crippen LogP contribution in [0.3, 0.4) is 0 Å². The summed E-state index contributed by atoms with van der Waals surface area (Å²) in [6.07, 6.45) is 1.78. The van der Waals surface area contributed by atoms with E-state index in [0.29, 0.717) is 6.54 Å². The molecule has 3 rings (SSSR count). The minimum atomic E-state index is -0.330. The molecule has 1 saturated heterocycles. The standard InChI is InChI=1S/C17H21N3O3S/c1-10-3-5-12(16(18)22)8-20(10)15(21)7-13-9-24-17(19-13)14-6-4-11(2)23-14/h4,6,9-10,12H,3,5,7-8H2,1-2H3,(H2,18,22)/t10-,12+/m0/s1. The summed E-state index contributed by atoms with van der Waals surface area (Å²) in [5.41, 5.74) is 6.12. The number of furan rings is 1. The van der Waals surface area contributed by atoms with Gasteiger partial charge in [-0.25, -0.2) is 4.98 Å². The Morgan fingerprint density at radius 3 is 2.88 bits per heavy atom. The van der Waals surface area contributed by atoms with Crippen LogP contribution in [-0.4, -0.2) is 34.3 Å². The highest BCUT2D eigenvalue weighted by Crippen LogP contribution is 2.27. The van der Waals surface area contributed by atoms with E-state index in [0.717, 1.165) is 35.1 Å². The molecule has 2 amide bonds. The Labute approximate surface area is 144 Å². The summed E-state index contributed by atoms with van der Waals surface area (Å²) in [5, 5.41) is 2.65. The van der Waals surface area contributed by atoms with Gasteiger partial charge in [0.15, 0.2) is 10.8 Å². The molecule has 6 nitrogen and oxygen atoms in total. The topological polar surface area (TPSA) is 89.4 Å². The SMILES string of the molecule is Cc1ccc(-c2nc(CC(=O)N3C[C@H](C(N)=O)CC[C@@H]3C)cs2)o1. The molecule has 0 bridgehead atoms.